The minimum atomic E-state index is -1.14. The maximum absolute atomic E-state index is 13.1. The molecule has 0 bridgehead atoms. The van der Waals surface area contributed by atoms with E-state index in [0.29, 0.717) is 12.8 Å². The summed E-state index contributed by atoms with van der Waals surface area (Å²) >= 11 is 1.63. The van der Waals surface area contributed by atoms with Crippen molar-refractivity contribution in [2.75, 3.05) is 6.61 Å². The van der Waals surface area contributed by atoms with Crippen molar-refractivity contribution in [1.82, 2.24) is 9.88 Å². The molecular formula is C28H34N2O8S. The fraction of sp³-hybridized carbons (Fsp3) is 0.429. The van der Waals surface area contributed by atoms with Gasteiger partial charge in [0, 0.05) is 42.0 Å². The second-order valence-corrected chi connectivity index (χ2v) is 9.86. The first-order chi connectivity index (χ1) is 18.7. The van der Waals surface area contributed by atoms with Crippen molar-refractivity contribution in [3.8, 4) is 0 Å². The number of Topliss-reactive ketones (excluding diaryl/α,β-unsaturated/α-hetero) is 2. The number of allylic oxidation sites excluding steroid dienone is 1. The van der Waals surface area contributed by atoms with E-state index in [4.69, 9.17) is 9.84 Å². The van der Waals surface area contributed by atoms with Crippen LogP contribution in [0.5, 0.6) is 0 Å². The maximum Gasteiger partial charge on any atom is 0.330 e. The van der Waals surface area contributed by atoms with Gasteiger partial charge in [-0.15, -0.1) is 11.3 Å². The number of aryl methyl sites for hydroxylation is 1. The van der Waals surface area contributed by atoms with Crippen molar-refractivity contribution in [1.29, 1.82) is 0 Å². The SMILES string of the molecule is CCOC(=O)/C=C/CC[C@H](NC(=O)CCC(=O)O)C(=O)Cc1cccn(CC(=O)CCCc2cccs2)c1=O. The third kappa shape index (κ3) is 12.0. The highest BCUT2D eigenvalue weighted by atomic mass is 32.1. The normalized spacial score (nSPS) is 11.7. The Kier molecular flexibility index (Phi) is 13.6. The molecule has 0 saturated heterocycles. The van der Waals surface area contributed by atoms with Crippen molar-refractivity contribution < 1.29 is 33.8 Å². The molecule has 2 N–H and O–H groups in total. The summed E-state index contributed by atoms with van der Waals surface area (Å²) in [4.78, 5) is 74.2. The number of amides is 1. The highest BCUT2D eigenvalue weighted by Crippen LogP contribution is 2.12. The summed E-state index contributed by atoms with van der Waals surface area (Å²) < 4.78 is 6.08. The molecule has 0 spiro atoms. The molecule has 0 aliphatic heterocycles. The summed E-state index contributed by atoms with van der Waals surface area (Å²) in [6.45, 7) is 1.80. The standard InChI is InChI=1S/C28H34N2O8S/c1-2-38-27(36)13-4-3-12-23(29-25(33)14-15-26(34)35)24(32)18-20-8-6-16-30(28(20)37)19-21(31)9-5-10-22-11-7-17-39-22/h4,6-8,11,13,16-17,23H,2-3,5,9-10,12,14-15,18-19H2,1H3,(H,29,33)(H,34,35)/b13-4+/t23-/m0/s1. The number of hydrogen-bond acceptors (Lipinski definition) is 8. The zero-order valence-electron chi connectivity index (χ0n) is 21.9. The second kappa shape index (κ2) is 16.9. The van der Waals surface area contributed by atoms with E-state index < -0.39 is 35.2 Å². The minimum Gasteiger partial charge on any atom is -0.481 e. The molecule has 2 aromatic heterocycles. The summed E-state index contributed by atoms with van der Waals surface area (Å²) in [5.74, 6) is -2.81. The van der Waals surface area contributed by atoms with Gasteiger partial charge in [-0.05, 0) is 50.1 Å². The largest absolute Gasteiger partial charge is 0.481 e. The number of thiophene rings is 1. The Balaban J connectivity index is 2.03. The highest BCUT2D eigenvalue weighted by molar-refractivity contribution is 7.09. The van der Waals surface area contributed by atoms with Crippen LogP contribution in [0.15, 0.2) is 52.8 Å². The quantitative estimate of drug-likeness (QED) is 0.210. The summed E-state index contributed by atoms with van der Waals surface area (Å²) in [7, 11) is 0. The Morgan fingerprint density at radius 1 is 1.13 bits per heavy atom. The number of ketones is 2. The molecule has 0 saturated carbocycles. The molecule has 0 fully saturated rings. The number of aliphatic carboxylic acids is 1. The van der Waals surface area contributed by atoms with Crippen LogP contribution in [-0.4, -0.2) is 51.7 Å². The molecule has 2 heterocycles. The van der Waals surface area contributed by atoms with Gasteiger partial charge < -0.3 is 19.7 Å². The van der Waals surface area contributed by atoms with E-state index in [0.717, 1.165) is 6.42 Å². The van der Waals surface area contributed by atoms with Gasteiger partial charge in [0.2, 0.25) is 5.91 Å². The number of carbonyl (C=O) groups excluding carboxylic acids is 4. The third-order valence-corrected chi connectivity index (χ3v) is 6.66. The lowest BCUT2D eigenvalue weighted by Gasteiger charge is -2.17. The van der Waals surface area contributed by atoms with Gasteiger partial charge in [-0.2, -0.15) is 0 Å². The Bertz CT molecular complexity index is 1220. The third-order valence-electron chi connectivity index (χ3n) is 5.72. The van der Waals surface area contributed by atoms with Crippen LogP contribution >= 0.6 is 11.3 Å². The van der Waals surface area contributed by atoms with E-state index in [2.05, 4.69) is 5.32 Å². The molecule has 39 heavy (non-hydrogen) atoms. The number of hydrogen-bond donors (Lipinski definition) is 2. The molecular weight excluding hydrogens is 524 g/mol. The molecule has 2 rings (SSSR count). The smallest absolute Gasteiger partial charge is 0.330 e. The molecule has 0 aromatic carbocycles. The number of nitrogens with one attached hydrogen (secondary N) is 1. The van der Waals surface area contributed by atoms with E-state index in [9.17, 15) is 28.8 Å². The topological polar surface area (TPSA) is 149 Å². The number of ether oxygens (including phenoxy) is 1. The lowest BCUT2D eigenvalue weighted by Crippen LogP contribution is -2.42. The summed E-state index contributed by atoms with van der Waals surface area (Å²) in [6, 6.07) is 6.07. The van der Waals surface area contributed by atoms with Crippen molar-refractivity contribution in [2.24, 2.45) is 0 Å². The molecule has 0 radical (unpaired) electrons. The van der Waals surface area contributed by atoms with E-state index in [1.807, 2.05) is 17.5 Å². The van der Waals surface area contributed by atoms with Crippen LogP contribution in [0.4, 0.5) is 0 Å². The predicted octanol–water partition coefficient (Wildman–Crippen LogP) is 2.86. The molecule has 1 atom stereocenters. The molecule has 10 nitrogen and oxygen atoms in total. The van der Waals surface area contributed by atoms with Crippen LogP contribution in [0.1, 0.15) is 55.9 Å². The number of carbonyl (C=O) groups is 5. The van der Waals surface area contributed by atoms with Crippen molar-refractivity contribution >= 4 is 40.7 Å². The first-order valence-electron chi connectivity index (χ1n) is 12.8. The van der Waals surface area contributed by atoms with E-state index in [-0.39, 0.29) is 56.6 Å². The Hall–Kier alpha value is -3.86. The molecule has 0 aliphatic rings. The van der Waals surface area contributed by atoms with Crippen molar-refractivity contribution in [3.05, 3.63) is 68.8 Å². The van der Waals surface area contributed by atoms with Gasteiger partial charge in [-0.1, -0.05) is 18.2 Å². The number of carboxylic acids is 1. The molecule has 210 valence electrons. The number of esters is 1. The molecule has 2 aromatic rings. The molecule has 0 unspecified atom stereocenters. The Labute approximate surface area is 230 Å². The maximum atomic E-state index is 13.1. The van der Waals surface area contributed by atoms with Crippen LogP contribution in [0.25, 0.3) is 0 Å². The fourth-order valence-corrected chi connectivity index (χ4v) is 4.52. The van der Waals surface area contributed by atoms with Gasteiger partial charge in [0.15, 0.2) is 11.6 Å². The van der Waals surface area contributed by atoms with Gasteiger partial charge in [-0.25, -0.2) is 4.79 Å². The average molecular weight is 559 g/mol. The summed E-state index contributed by atoms with van der Waals surface area (Å²) in [6.07, 6.45) is 5.47. The van der Waals surface area contributed by atoms with E-state index >= 15 is 0 Å². The Morgan fingerprint density at radius 2 is 1.92 bits per heavy atom. The lowest BCUT2D eigenvalue weighted by molar-refractivity contribution is -0.139. The van der Waals surface area contributed by atoms with E-state index in [1.165, 1.54) is 33.9 Å². The molecule has 1 amide bonds. The lowest BCUT2D eigenvalue weighted by atomic mass is 10.00. The van der Waals surface area contributed by atoms with Gasteiger partial charge >= 0.3 is 11.9 Å². The van der Waals surface area contributed by atoms with Gasteiger partial charge in [-0.3, -0.25) is 24.0 Å². The number of carboxylic acid groups (broad SMARTS) is 1. The number of aromatic nitrogens is 1. The van der Waals surface area contributed by atoms with Crippen LogP contribution in [0, 0.1) is 0 Å². The van der Waals surface area contributed by atoms with Crippen molar-refractivity contribution in [2.45, 2.75) is 70.9 Å². The number of rotatable bonds is 18. The van der Waals surface area contributed by atoms with Crippen LogP contribution < -0.4 is 10.9 Å². The predicted molar refractivity (Wildman–Crippen MR) is 145 cm³/mol. The monoisotopic (exact) mass is 558 g/mol. The number of pyridine rings is 1. The zero-order valence-corrected chi connectivity index (χ0v) is 22.7. The van der Waals surface area contributed by atoms with Gasteiger partial charge in [0.25, 0.3) is 5.56 Å². The zero-order chi connectivity index (χ0) is 28.6. The van der Waals surface area contributed by atoms with Gasteiger partial charge in [0.05, 0.1) is 25.6 Å². The average Bonchev–Trinajstić information content (AvgIpc) is 3.40. The van der Waals surface area contributed by atoms with Crippen LogP contribution in [-0.2, 0) is 48.1 Å². The van der Waals surface area contributed by atoms with Crippen LogP contribution in [0.2, 0.25) is 0 Å². The first kappa shape index (κ1) is 31.4. The highest BCUT2D eigenvalue weighted by Gasteiger charge is 2.22. The molecule has 11 heteroatoms. The second-order valence-electron chi connectivity index (χ2n) is 8.83. The number of nitrogens with zero attached hydrogens (tertiary/aromatic N) is 1. The van der Waals surface area contributed by atoms with E-state index in [1.54, 1.807) is 24.3 Å². The molecule has 0 aliphatic carbocycles. The summed E-state index contributed by atoms with van der Waals surface area (Å²) in [5.41, 5.74) is -0.281. The minimum absolute atomic E-state index is 0.0888. The van der Waals surface area contributed by atoms with Crippen molar-refractivity contribution in [3.63, 3.8) is 0 Å². The first-order valence-corrected chi connectivity index (χ1v) is 13.7. The fourth-order valence-electron chi connectivity index (χ4n) is 3.77. The Morgan fingerprint density at radius 3 is 2.62 bits per heavy atom. The summed E-state index contributed by atoms with van der Waals surface area (Å²) in [5, 5.41) is 13.3. The van der Waals surface area contributed by atoms with Crippen LogP contribution in [0.3, 0.4) is 0 Å². The van der Waals surface area contributed by atoms with Gasteiger partial charge in [0.1, 0.15) is 0 Å².